The van der Waals surface area contributed by atoms with Gasteiger partial charge in [-0.05, 0) is 12.8 Å². The molecule has 1 atom stereocenters. The van der Waals surface area contributed by atoms with E-state index in [0.29, 0.717) is 13.0 Å². The molecule has 0 bridgehead atoms. The van der Waals surface area contributed by atoms with Crippen LogP contribution in [-0.4, -0.2) is 53.5 Å². The average molecular weight is 332 g/mol. The fraction of sp³-hybridized carbons (Fsp3) is 0.533. The highest BCUT2D eigenvalue weighted by atomic mass is 16.2. The molecule has 128 valence electrons. The highest BCUT2D eigenvalue weighted by Gasteiger charge is 2.31. The fourth-order valence-corrected chi connectivity index (χ4v) is 2.83. The molecule has 24 heavy (non-hydrogen) atoms. The number of rotatable bonds is 6. The maximum atomic E-state index is 11.8. The second kappa shape index (κ2) is 7.24. The molecule has 0 spiro atoms. The molecule has 2 aliphatic heterocycles. The number of hydrogen-bond donors (Lipinski definition) is 3. The van der Waals surface area contributed by atoms with Crippen LogP contribution in [-0.2, 0) is 16.0 Å². The van der Waals surface area contributed by atoms with Crippen LogP contribution >= 0.6 is 0 Å². The van der Waals surface area contributed by atoms with Crippen LogP contribution < -0.4 is 20.9 Å². The molecule has 9 heteroatoms. The first-order valence-electron chi connectivity index (χ1n) is 8.06. The summed E-state index contributed by atoms with van der Waals surface area (Å²) in [5, 5.41) is 7.23. The standard InChI is InChI=1S/C15H20N6O3/c22-13(8-11-14(23)20-15(24)19-11)16-4-3-10-7-12(18-9-17-10)21-5-1-2-6-21/h7,9,11H,1-6,8H2,(H,16,22)(H2,19,20,23,24)/t11-/m1/s1. The lowest BCUT2D eigenvalue weighted by Crippen LogP contribution is -2.36. The molecule has 0 radical (unpaired) electrons. The van der Waals surface area contributed by atoms with E-state index in [4.69, 9.17) is 0 Å². The van der Waals surface area contributed by atoms with E-state index in [1.807, 2.05) is 6.07 Å². The molecule has 3 rings (SSSR count). The van der Waals surface area contributed by atoms with Gasteiger partial charge in [-0.25, -0.2) is 14.8 Å². The quantitative estimate of drug-likeness (QED) is 0.595. The molecule has 0 aliphatic carbocycles. The van der Waals surface area contributed by atoms with E-state index in [2.05, 4.69) is 30.8 Å². The van der Waals surface area contributed by atoms with Crippen molar-refractivity contribution in [2.45, 2.75) is 31.7 Å². The molecule has 0 saturated carbocycles. The van der Waals surface area contributed by atoms with Gasteiger partial charge >= 0.3 is 6.03 Å². The van der Waals surface area contributed by atoms with Crippen LogP contribution in [0.4, 0.5) is 10.6 Å². The first kappa shape index (κ1) is 16.2. The van der Waals surface area contributed by atoms with Gasteiger partial charge in [0, 0.05) is 37.8 Å². The van der Waals surface area contributed by atoms with Gasteiger partial charge in [0.15, 0.2) is 0 Å². The van der Waals surface area contributed by atoms with Gasteiger partial charge in [-0.1, -0.05) is 0 Å². The molecule has 3 heterocycles. The van der Waals surface area contributed by atoms with Crippen LogP contribution in [0.5, 0.6) is 0 Å². The lowest BCUT2D eigenvalue weighted by atomic mass is 10.2. The van der Waals surface area contributed by atoms with E-state index in [1.165, 1.54) is 12.8 Å². The second-order valence-corrected chi connectivity index (χ2v) is 5.88. The van der Waals surface area contributed by atoms with Gasteiger partial charge in [-0.2, -0.15) is 0 Å². The number of carbonyl (C=O) groups is 3. The predicted molar refractivity (Wildman–Crippen MR) is 85.3 cm³/mol. The van der Waals surface area contributed by atoms with Crippen molar-refractivity contribution >= 4 is 23.7 Å². The zero-order valence-corrected chi connectivity index (χ0v) is 13.2. The van der Waals surface area contributed by atoms with Crippen molar-refractivity contribution in [2.75, 3.05) is 24.5 Å². The lowest BCUT2D eigenvalue weighted by molar-refractivity contribution is -0.126. The Balaban J connectivity index is 1.44. The number of amides is 4. The molecule has 2 aliphatic rings. The van der Waals surface area contributed by atoms with Crippen molar-refractivity contribution < 1.29 is 14.4 Å². The summed E-state index contributed by atoms with van der Waals surface area (Å²) in [5.41, 5.74) is 0.860. The van der Waals surface area contributed by atoms with Crippen molar-refractivity contribution in [1.82, 2.24) is 25.9 Å². The SMILES string of the molecule is O=C(C[C@H]1NC(=O)NC1=O)NCCc1cc(N2CCCC2)ncn1. The number of urea groups is 1. The third-order valence-electron chi connectivity index (χ3n) is 4.09. The van der Waals surface area contributed by atoms with E-state index in [9.17, 15) is 14.4 Å². The smallest absolute Gasteiger partial charge is 0.322 e. The Morgan fingerprint density at radius 2 is 2.08 bits per heavy atom. The van der Waals surface area contributed by atoms with Crippen LogP contribution in [0.15, 0.2) is 12.4 Å². The van der Waals surface area contributed by atoms with Gasteiger partial charge in [0.2, 0.25) is 5.91 Å². The van der Waals surface area contributed by atoms with Crippen molar-refractivity contribution in [3.8, 4) is 0 Å². The van der Waals surface area contributed by atoms with E-state index in [-0.39, 0.29) is 12.3 Å². The third-order valence-corrected chi connectivity index (χ3v) is 4.09. The zero-order chi connectivity index (χ0) is 16.9. The van der Waals surface area contributed by atoms with E-state index in [1.54, 1.807) is 6.33 Å². The molecule has 1 aromatic rings. The molecule has 0 aromatic carbocycles. The minimum absolute atomic E-state index is 0.0691. The maximum Gasteiger partial charge on any atom is 0.322 e. The largest absolute Gasteiger partial charge is 0.357 e. The van der Waals surface area contributed by atoms with Gasteiger partial charge < -0.3 is 15.5 Å². The molecule has 0 unspecified atom stereocenters. The second-order valence-electron chi connectivity index (χ2n) is 5.88. The first-order valence-corrected chi connectivity index (χ1v) is 8.06. The van der Waals surface area contributed by atoms with Gasteiger partial charge in [0.1, 0.15) is 18.2 Å². The summed E-state index contributed by atoms with van der Waals surface area (Å²) in [6.07, 6.45) is 4.42. The predicted octanol–water partition coefficient (Wildman–Crippen LogP) is -0.666. The zero-order valence-electron chi connectivity index (χ0n) is 13.2. The van der Waals surface area contributed by atoms with Crippen molar-refractivity contribution in [1.29, 1.82) is 0 Å². The Morgan fingerprint density at radius 1 is 1.29 bits per heavy atom. The molecule has 9 nitrogen and oxygen atoms in total. The number of nitrogens with zero attached hydrogens (tertiary/aromatic N) is 3. The maximum absolute atomic E-state index is 11.8. The molecule has 3 N–H and O–H groups in total. The highest BCUT2D eigenvalue weighted by molar-refractivity contribution is 6.05. The molecule has 1 aromatic heterocycles. The summed E-state index contributed by atoms with van der Waals surface area (Å²) >= 11 is 0. The summed E-state index contributed by atoms with van der Waals surface area (Å²) in [7, 11) is 0. The van der Waals surface area contributed by atoms with Gasteiger partial charge in [-0.15, -0.1) is 0 Å². The van der Waals surface area contributed by atoms with E-state index < -0.39 is 18.0 Å². The molecule has 2 saturated heterocycles. The summed E-state index contributed by atoms with van der Waals surface area (Å²) in [5.74, 6) is 0.168. The Bertz CT molecular complexity index is 644. The van der Waals surface area contributed by atoms with Gasteiger partial charge in [0.25, 0.3) is 5.91 Å². The summed E-state index contributed by atoms with van der Waals surface area (Å²) in [4.78, 5) is 45.0. The number of hydrogen-bond acceptors (Lipinski definition) is 6. The number of imide groups is 1. The highest BCUT2D eigenvalue weighted by Crippen LogP contribution is 2.17. The lowest BCUT2D eigenvalue weighted by Gasteiger charge is -2.16. The Kier molecular flexibility index (Phi) is 4.88. The fourth-order valence-electron chi connectivity index (χ4n) is 2.83. The van der Waals surface area contributed by atoms with Crippen LogP contribution in [0, 0.1) is 0 Å². The normalized spacial score (nSPS) is 20.0. The van der Waals surface area contributed by atoms with E-state index in [0.717, 1.165) is 24.6 Å². The van der Waals surface area contributed by atoms with Crippen LogP contribution in [0.2, 0.25) is 0 Å². The Labute approximate surface area is 139 Å². The monoisotopic (exact) mass is 332 g/mol. The number of nitrogens with one attached hydrogen (secondary N) is 3. The van der Waals surface area contributed by atoms with Crippen molar-refractivity contribution in [2.24, 2.45) is 0 Å². The molecular formula is C15H20N6O3. The third kappa shape index (κ3) is 3.98. The van der Waals surface area contributed by atoms with E-state index >= 15 is 0 Å². The molecule has 2 fully saturated rings. The Hall–Kier alpha value is -2.71. The number of aromatic nitrogens is 2. The van der Waals surface area contributed by atoms with Crippen LogP contribution in [0.3, 0.4) is 0 Å². The number of carbonyl (C=O) groups excluding carboxylic acids is 3. The van der Waals surface area contributed by atoms with Crippen LogP contribution in [0.1, 0.15) is 25.0 Å². The summed E-state index contributed by atoms with van der Waals surface area (Å²) in [6, 6.07) is 0.591. The summed E-state index contributed by atoms with van der Waals surface area (Å²) in [6.45, 7) is 2.45. The average Bonchev–Trinajstić information content (AvgIpc) is 3.18. The van der Waals surface area contributed by atoms with Gasteiger partial charge in [-0.3, -0.25) is 14.9 Å². The first-order chi connectivity index (χ1) is 11.6. The topological polar surface area (TPSA) is 116 Å². The molecule has 4 amide bonds. The molecular weight excluding hydrogens is 312 g/mol. The van der Waals surface area contributed by atoms with Crippen LogP contribution in [0.25, 0.3) is 0 Å². The minimum Gasteiger partial charge on any atom is -0.357 e. The van der Waals surface area contributed by atoms with Gasteiger partial charge in [0.05, 0.1) is 6.42 Å². The minimum atomic E-state index is -0.793. The van der Waals surface area contributed by atoms with Crippen molar-refractivity contribution in [3.05, 3.63) is 18.1 Å². The number of anilines is 1. The van der Waals surface area contributed by atoms with Crippen molar-refractivity contribution in [3.63, 3.8) is 0 Å². The summed E-state index contributed by atoms with van der Waals surface area (Å²) < 4.78 is 0. The Morgan fingerprint density at radius 3 is 2.79 bits per heavy atom.